The number of aryl methyl sites for hydroxylation is 1. The number of hydrogen-bond donors (Lipinski definition) is 2. The van der Waals surface area contributed by atoms with Gasteiger partial charge in [-0.15, -0.1) is 11.3 Å². The van der Waals surface area contributed by atoms with Gasteiger partial charge < -0.3 is 5.73 Å². The zero-order chi connectivity index (χ0) is 14.6. The lowest BCUT2D eigenvalue weighted by Crippen LogP contribution is -2.23. The van der Waals surface area contributed by atoms with Crippen LogP contribution < -0.4 is 10.5 Å². The second kappa shape index (κ2) is 6.49. The fourth-order valence-electron chi connectivity index (χ4n) is 1.94. The molecule has 0 aliphatic carbocycles. The maximum atomic E-state index is 12.2. The highest BCUT2D eigenvalue weighted by molar-refractivity contribution is 7.89. The summed E-state index contributed by atoms with van der Waals surface area (Å²) in [6.07, 6.45) is 0.883. The molecule has 0 unspecified atom stereocenters. The summed E-state index contributed by atoms with van der Waals surface area (Å²) >= 11 is 1.36. The van der Waals surface area contributed by atoms with E-state index in [1.165, 1.54) is 11.3 Å². The molecule has 0 atom stereocenters. The normalized spacial score (nSPS) is 11.7. The predicted molar refractivity (Wildman–Crippen MR) is 82.1 cm³/mol. The van der Waals surface area contributed by atoms with Crippen LogP contribution in [0.4, 0.5) is 0 Å². The third-order valence-electron chi connectivity index (χ3n) is 3.09. The first-order valence-corrected chi connectivity index (χ1v) is 8.77. The van der Waals surface area contributed by atoms with Crippen LogP contribution in [0.3, 0.4) is 0 Å². The van der Waals surface area contributed by atoms with E-state index in [-0.39, 0.29) is 4.90 Å². The minimum absolute atomic E-state index is 0.289. The Hall–Kier alpha value is -1.21. The van der Waals surface area contributed by atoms with Crippen molar-refractivity contribution in [3.8, 4) is 0 Å². The van der Waals surface area contributed by atoms with E-state index in [2.05, 4.69) is 11.6 Å². The highest BCUT2D eigenvalue weighted by atomic mass is 32.2. The predicted octanol–water partition coefficient (Wildman–Crippen LogP) is 2.25. The van der Waals surface area contributed by atoms with Gasteiger partial charge in [-0.25, -0.2) is 13.1 Å². The summed E-state index contributed by atoms with van der Waals surface area (Å²) in [6.45, 7) is 2.72. The van der Waals surface area contributed by atoms with Crippen molar-refractivity contribution in [1.82, 2.24) is 4.72 Å². The molecule has 0 bridgehead atoms. The monoisotopic (exact) mass is 310 g/mol. The fraction of sp³-hybridized carbons (Fsp3) is 0.286. The molecule has 4 nitrogen and oxygen atoms in total. The van der Waals surface area contributed by atoms with Crippen molar-refractivity contribution in [2.75, 3.05) is 0 Å². The first kappa shape index (κ1) is 15.2. The number of nitrogens with one attached hydrogen (secondary N) is 1. The van der Waals surface area contributed by atoms with Gasteiger partial charge in [0, 0.05) is 23.3 Å². The van der Waals surface area contributed by atoms with Crippen LogP contribution in [-0.2, 0) is 29.5 Å². The second-order valence-corrected chi connectivity index (χ2v) is 7.16. The van der Waals surface area contributed by atoms with Crippen molar-refractivity contribution in [2.45, 2.75) is 31.3 Å². The Balaban J connectivity index is 2.13. The molecule has 1 aromatic heterocycles. The summed E-state index contributed by atoms with van der Waals surface area (Å²) < 4.78 is 27.0. The molecule has 0 spiro atoms. The lowest BCUT2D eigenvalue weighted by Gasteiger charge is -2.09. The first-order valence-electron chi connectivity index (χ1n) is 6.40. The van der Waals surface area contributed by atoms with Crippen LogP contribution in [0.2, 0.25) is 0 Å². The standard InChI is InChI=1S/C14H18N2O2S2/c1-2-11-5-3-4-6-12(11)9-16-20(17,18)14-7-13(8-15)19-10-14/h3-7,10,16H,2,8-9,15H2,1H3. The Morgan fingerprint density at radius 3 is 2.55 bits per heavy atom. The molecular formula is C14H18N2O2S2. The molecule has 0 fully saturated rings. The van der Waals surface area contributed by atoms with Crippen LogP contribution in [0.15, 0.2) is 40.6 Å². The van der Waals surface area contributed by atoms with Crippen molar-refractivity contribution in [3.05, 3.63) is 51.7 Å². The molecule has 108 valence electrons. The maximum Gasteiger partial charge on any atom is 0.241 e. The van der Waals surface area contributed by atoms with Crippen molar-refractivity contribution in [1.29, 1.82) is 0 Å². The van der Waals surface area contributed by atoms with Crippen LogP contribution in [0.5, 0.6) is 0 Å². The molecule has 20 heavy (non-hydrogen) atoms. The fourth-order valence-corrected chi connectivity index (χ4v) is 4.10. The Kier molecular flexibility index (Phi) is 4.93. The average molecular weight is 310 g/mol. The molecule has 0 amide bonds. The highest BCUT2D eigenvalue weighted by Crippen LogP contribution is 2.19. The topological polar surface area (TPSA) is 72.2 Å². The summed E-state index contributed by atoms with van der Waals surface area (Å²) in [6, 6.07) is 9.46. The number of rotatable bonds is 6. The molecular weight excluding hydrogens is 292 g/mol. The number of thiophene rings is 1. The Labute approximate surface area is 123 Å². The quantitative estimate of drug-likeness (QED) is 0.859. The number of benzene rings is 1. The van der Waals surface area contributed by atoms with Gasteiger partial charge in [0.15, 0.2) is 0 Å². The minimum atomic E-state index is -3.47. The van der Waals surface area contributed by atoms with Gasteiger partial charge in [-0.2, -0.15) is 0 Å². The van der Waals surface area contributed by atoms with E-state index in [0.29, 0.717) is 13.1 Å². The molecule has 0 aliphatic heterocycles. The van der Waals surface area contributed by atoms with Crippen LogP contribution in [0.25, 0.3) is 0 Å². The Morgan fingerprint density at radius 1 is 1.25 bits per heavy atom. The van der Waals surface area contributed by atoms with Gasteiger partial charge in [0.2, 0.25) is 10.0 Å². The van der Waals surface area contributed by atoms with E-state index in [4.69, 9.17) is 5.73 Å². The molecule has 3 N–H and O–H groups in total. The summed E-state index contributed by atoms with van der Waals surface area (Å²) in [5.41, 5.74) is 7.67. The smallest absolute Gasteiger partial charge is 0.241 e. The summed E-state index contributed by atoms with van der Waals surface area (Å²) in [5, 5.41) is 1.62. The van der Waals surface area contributed by atoms with Crippen LogP contribution in [-0.4, -0.2) is 8.42 Å². The van der Waals surface area contributed by atoms with E-state index in [1.54, 1.807) is 11.4 Å². The number of hydrogen-bond acceptors (Lipinski definition) is 4. The Bertz CT molecular complexity index is 678. The summed E-state index contributed by atoms with van der Waals surface area (Å²) in [7, 11) is -3.47. The lowest BCUT2D eigenvalue weighted by molar-refractivity contribution is 0.581. The summed E-state index contributed by atoms with van der Waals surface area (Å²) in [5.74, 6) is 0. The molecule has 0 saturated heterocycles. The lowest BCUT2D eigenvalue weighted by atomic mass is 10.1. The van der Waals surface area contributed by atoms with Crippen molar-refractivity contribution in [3.63, 3.8) is 0 Å². The second-order valence-electron chi connectivity index (χ2n) is 4.40. The Morgan fingerprint density at radius 2 is 1.95 bits per heavy atom. The van der Waals surface area contributed by atoms with Gasteiger partial charge in [0.05, 0.1) is 4.90 Å². The third kappa shape index (κ3) is 3.46. The van der Waals surface area contributed by atoms with E-state index in [0.717, 1.165) is 22.4 Å². The number of sulfonamides is 1. The third-order valence-corrected chi connectivity index (χ3v) is 5.58. The van der Waals surface area contributed by atoms with Crippen molar-refractivity contribution < 1.29 is 8.42 Å². The molecule has 0 aliphatic rings. The van der Waals surface area contributed by atoms with Crippen LogP contribution in [0, 0.1) is 0 Å². The molecule has 2 aromatic rings. The van der Waals surface area contributed by atoms with E-state index in [1.807, 2.05) is 24.3 Å². The van der Waals surface area contributed by atoms with Crippen molar-refractivity contribution >= 4 is 21.4 Å². The molecule has 2 rings (SSSR count). The maximum absolute atomic E-state index is 12.2. The largest absolute Gasteiger partial charge is 0.326 e. The summed E-state index contributed by atoms with van der Waals surface area (Å²) in [4.78, 5) is 1.15. The average Bonchev–Trinajstić information content (AvgIpc) is 2.95. The molecule has 0 saturated carbocycles. The first-order chi connectivity index (χ1) is 9.56. The van der Waals surface area contributed by atoms with E-state index in [9.17, 15) is 8.42 Å². The molecule has 1 aromatic carbocycles. The zero-order valence-corrected chi connectivity index (χ0v) is 12.9. The molecule has 6 heteroatoms. The van der Waals surface area contributed by atoms with E-state index >= 15 is 0 Å². The number of nitrogens with two attached hydrogens (primary N) is 1. The van der Waals surface area contributed by atoms with Gasteiger partial charge in [-0.3, -0.25) is 0 Å². The van der Waals surface area contributed by atoms with Crippen LogP contribution >= 0.6 is 11.3 Å². The van der Waals surface area contributed by atoms with Crippen molar-refractivity contribution in [2.24, 2.45) is 5.73 Å². The highest BCUT2D eigenvalue weighted by Gasteiger charge is 2.16. The van der Waals surface area contributed by atoms with E-state index < -0.39 is 10.0 Å². The zero-order valence-electron chi connectivity index (χ0n) is 11.3. The van der Waals surface area contributed by atoms with Gasteiger partial charge >= 0.3 is 0 Å². The SMILES string of the molecule is CCc1ccccc1CNS(=O)(=O)c1csc(CN)c1. The van der Waals surface area contributed by atoms with Crippen LogP contribution in [0.1, 0.15) is 22.9 Å². The van der Waals surface area contributed by atoms with Gasteiger partial charge in [0.25, 0.3) is 0 Å². The minimum Gasteiger partial charge on any atom is -0.326 e. The van der Waals surface area contributed by atoms with Gasteiger partial charge in [-0.1, -0.05) is 31.2 Å². The molecule has 0 radical (unpaired) electrons. The van der Waals surface area contributed by atoms with Gasteiger partial charge in [0.1, 0.15) is 0 Å². The molecule has 1 heterocycles. The van der Waals surface area contributed by atoms with Gasteiger partial charge in [-0.05, 0) is 23.6 Å².